The van der Waals surface area contributed by atoms with Gasteiger partial charge in [0.25, 0.3) is 5.91 Å². The minimum absolute atomic E-state index is 0.0359. The summed E-state index contributed by atoms with van der Waals surface area (Å²) in [5, 5.41) is 0.628. The van der Waals surface area contributed by atoms with Crippen LogP contribution in [0, 0.1) is 12.8 Å². The maximum atomic E-state index is 12.1. The first-order valence-electron chi connectivity index (χ1n) is 7.78. The lowest BCUT2D eigenvalue weighted by Gasteiger charge is -2.24. The number of thioether (sulfide) groups is 1. The average Bonchev–Trinajstić information content (AvgIpc) is 3.20. The maximum absolute atomic E-state index is 12.1. The molecule has 1 aliphatic carbocycles. The SMILES string of the molecule is Cc1cccc(N2C(=NC(=O)C3CC3)S[C@H]3CS(=O)(=O)C[C@@H]32)c1. The highest BCUT2D eigenvalue weighted by Crippen LogP contribution is 2.41. The molecule has 2 atom stereocenters. The largest absolute Gasteiger partial charge is 0.316 e. The zero-order valence-corrected chi connectivity index (χ0v) is 14.4. The lowest BCUT2D eigenvalue weighted by Crippen LogP contribution is -2.37. The molecule has 23 heavy (non-hydrogen) atoms. The molecule has 0 aromatic heterocycles. The van der Waals surface area contributed by atoms with Gasteiger partial charge >= 0.3 is 0 Å². The van der Waals surface area contributed by atoms with E-state index in [0.717, 1.165) is 24.1 Å². The smallest absolute Gasteiger partial charge is 0.251 e. The van der Waals surface area contributed by atoms with E-state index in [-0.39, 0.29) is 34.6 Å². The summed E-state index contributed by atoms with van der Waals surface area (Å²) < 4.78 is 24.0. The van der Waals surface area contributed by atoms with Gasteiger partial charge in [0.05, 0.1) is 17.5 Å². The van der Waals surface area contributed by atoms with Crippen LogP contribution in [-0.4, -0.2) is 42.3 Å². The molecule has 0 spiro atoms. The molecule has 4 rings (SSSR count). The number of sulfone groups is 1. The van der Waals surface area contributed by atoms with Gasteiger partial charge < -0.3 is 4.90 Å². The van der Waals surface area contributed by atoms with Gasteiger partial charge in [-0.05, 0) is 37.5 Å². The molecule has 7 heteroatoms. The number of anilines is 1. The third kappa shape index (κ3) is 2.92. The lowest BCUT2D eigenvalue weighted by atomic mass is 10.1. The maximum Gasteiger partial charge on any atom is 0.251 e. The van der Waals surface area contributed by atoms with E-state index in [1.54, 1.807) is 0 Å². The van der Waals surface area contributed by atoms with Crippen LogP contribution in [0.4, 0.5) is 5.69 Å². The first-order chi connectivity index (χ1) is 10.9. The van der Waals surface area contributed by atoms with Crippen LogP contribution in [0.3, 0.4) is 0 Å². The van der Waals surface area contributed by atoms with Crippen LogP contribution in [0.1, 0.15) is 18.4 Å². The third-order valence-corrected chi connectivity index (χ3v) is 7.69. The molecule has 5 nitrogen and oxygen atoms in total. The Morgan fingerprint density at radius 2 is 2.09 bits per heavy atom. The molecule has 1 saturated carbocycles. The first-order valence-corrected chi connectivity index (χ1v) is 10.5. The van der Waals surface area contributed by atoms with E-state index in [9.17, 15) is 13.2 Å². The zero-order chi connectivity index (χ0) is 16.2. The Hall–Kier alpha value is -1.34. The van der Waals surface area contributed by atoms with Crippen molar-refractivity contribution in [3.8, 4) is 0 Å². The molecule has 2 aliphatic heterocycles. The van der Waals surface area contributed by atoms with Crippen molar-refractivity contribution in [2.24, 2.45) is 10.9 Å². The monoisotopic (exact) mass is 350 g/mol. The first kappa shape index (κ1) is 15.2. The highest BCUT2D eigenvalue weighted by Gasteiger charge is 2.49. The molecule has 2 heterocycles. The van der Waals surface area contributed by atoms with Gasteiger partial charge in [-0.2, -0.15) is 4.99 Å². The van der Waals surface area contributed by atoms with Crippen LogP contribution in [0.2, 0.25) is 0 Å². The fraction of sp³-hybridized carbons (Fsp3) is 0.500. The highest BCUT2D eigenvalue weighted by atomic mass is 32.2. The fourth-order valence-electron chi connectivity index (χ4n) is 3.16. The van der Waals surface area contributed by atoms with E-state index in [2.05, 4.69) is 4.99 Å². The summed E-state index contributed by atoms with van der Waals surface area (Å²) in [6.07, 6.45) is 1.85. The molecule has 3 fully saturated rings. The van der Waals surface area contributed by atoms with Gasteiger partial charge in [-0.3, -0.25) is 4.79 Å². The summed E-state index contributed by atoms with van der Waals surface area (Å²) in [6, 6.07) is 7.80. The molecule has 2 saturated heterocycles. The second-order valence-electron chi connectivity index (χ2n) is 6.52. The fourth-order valence-corrected chi connectivity index (χ4v) is 7.08. The number of amides is 1. The summed E-state index contributed by atoms with van der Waals surface area (Å²) in [4.78, 5) is 18.4. The van der Waals surface area contributed by atoms with Crippen LogP contribution in [0.5, 0.6) is 0 Å². The molecule has 0 bridgehead atoms. The minimum atomic E-state index is -3.01. The van der Waals surface area contributed by atoms with Crippen molar-refractivity contribution >= 4 is 38.4 Å². The topological polar surface area (TPSA) is 66.8 Å². The summed E-state index contributed by atoms with van der Waals surface area (Å²) in [5.74, 6) is 0.316. The van der Waals surface area contributed by atoms with E-state index in [4.69, 9.17) is 0 Å². The van der Waals surface area contributed by atoms with Gasteiger partial charge in [0.2, 0.25) is 0 Å². The molecule has 0 radical (unpaired) electrons. The highest BCUT2D eigenvalue weighted by molar-refractivity contribution is 8.16. The van der Waals surface area contributed by atoms with Gasteiger partial charge in [0.1, 0.15) is 0 Å². The number of amidine groups is 1. The van der Waals surface area contributed by atoms with Gasteiger partial charge in [0, 0.05) is 16.9 Å². The summed E-state index contributed by atoms with van der Waals surface area (Å²) in [6.45, 7) is 2.00. The molecular formula is C16H18N2O3S2. The lowest BCUT2D eigenvalue weighted by molar-refractivity contribution is -0.118. The van der Waals surface area contributed by atoms with Gasteiger partial charge in [-0.25, -0.2) is 8.42 Å². The Bertz CT molecular complexity index is 799. The Kier molecular flexibility index (Phi) is 3.53. The molecule has 0 N–H and O–H groups in total. The molecule has 1 amide bonds. The number of benzene rings is 1. The molecule has 0 unspecified atom stereocenters. The molecule has 3 aliphatic rings. The number of rotatable bonds is 2. The molecular weight excluding hydrogens is 332 g/mol. The second kappa shape index (κ2) is 5.34. The van der Waals surface area contributed by atoms with Crippen LogP contribution < -0.4 is 4.90 Å². The van der Waals surface area contributed by atoms with Crippen molar-refractivity contribution in [2.45, 2.75) is 31.1 Å². The minimum Gasteiger partial charge on any atom is -0.316 e. The van der Waals surface area contributed by atoms with Crippen LogP contribution >= 0.6 is 11.8 Å². The van der Waals surface area contributed by atoms with E-state index >= 15 is 0 Å². The quantitative estimate of drug-likeness (QED) is 0.816. The van der Waals surface area contributed by atoms with Crippen molar-refractivity contribution in [3.05, 3.63) is 29.8 Å². The Labute approximate surface area is 140 Å². The van der Waals surface area contributed by atoms with E-state index < -0.39 is 9.84 Å². The van der Waals surface area contributed by atoms with Crippen molar-refractivity contribution in [1.82, 2.24) is 0 Å². The number of hydrogen-bond acceptors (Lipinski definition) is 4. The number of aryl methyl sites for hydroxylation is 1. The summed E-state index contributed by atoms with van der Waals surface area (Å²) in [7, 11) is -3.01. The van der Waals surface area contributed by atoms with Crippen molar-refractivity contribution < 1.29 is 13.2 Å². The number of aliphatic imine (C=N–C) groups is 1. The summed E-state index contributed by atoms with van der Waals surface area (Å²) >= 11 is 1.44. The predicted molar refractivity (Wildman–Crippen MR) is 92.6 cm³/mol. The van der Waals surface area contributed by atoms with Gasteiger partial charge in [-0.1, -0.05) is 23.9 Å². The van der Waals surface area contributed by atoms with Crippen molar-refractivity contribution in [3.63, 3.8) is 0 Å². The normalized spacial score (nSPS) is 30.7. The van der Waals surface area contributed by atoms with Crippen molar-refractivity contribution in [2.75, 3.05) is 16.4 Å². The summed E-state index contributed by atoms with van der Waals surface area (Å²) in [5.41, 5.74) is 2.02. The Morgan fingerprint density at radius 1 is 1.30 bits per heavy atom. The molecule has 122 valence electrons. The van der Waals surface area contributed by atoms with Crippen LogP contribution in [-0.2, 0) is 14.6 Å². The molecule has 1 aromatic rings. The number of fused-ring (bicyclic) bond motifs is 1. The Balaban J connectivity index is 1.73. The number of hydrogen-bond donors (Lipinski definition) is 0. The number of carbonyl (C=O) groups is 1. The van der Waals surface area contributed by atoms with Gasteiger partial charge in [0.15, 0.2) is 15.0 Å². The van der Waals surface area contributed by atoms with Gasteiger partial charge in [-0.15, -0.1) is 0 Å². The molecule has 1 aromatic carbocycles. The predicted octanol–water partition coefficient (Wildman–Crippen LogP) is 2.01. The van der Waals surface area contributed by atoms with E-state index in [1.807, 2.05) is 36.1 Å². The zero-order valence-electron chi connectivity index (χ0n) is 12.8. The average molecular weight is 350 g/mol. The van der Waals surface area contributed by atoms with Crippen molar-refractivity contribution in [1.29, 1.82) is 0 Å². The van der Waals surface area contributed by atoms with E-state index in [0.29, 0.717) is 5.17 Å². The Morgan fingerprint density at radius 3 is 2.78 bits per heavy atom. The number of nitrogens with zero attached hydrogens (tertiary/aromatic N) is 2. The van der Waals surface area contributed by atoms with E-state index in [1.165, 1.54) is 11.8 Å². The second-order valence-corrected chi connectivity index (χ2v) is 9.88. The third-order valence-electron chi connectivity index (χ3n) is 4.48. The van der Waals surface area contributed by atoms with Crippen LogP contribution in [0.25, 0.3) is 0 Å². The van der Waals surface area contributed by atoms with Crippen LogP contribution in [0.15, 0.2) is 29.3 Å². The standard InChI is InChI=1S/C16H18N2O3S2/c1-10-3-2-4-12(7-10)18-13-8-23(20,21)9-14(13)22-16(18)17-15(19)11-5-6-11/h2-4,7,11,13-14H,5-6,8-9H2,1H3/t13-,14-/m0/s1. The number of carbonyl (C=O) groups excluding carboxylic acids is 1.